The number of nitrogens with two attached hydrogens (primary N) is 1. The van der Waals surface area contributed by atoms with Crippen molar-refractivity contribution >= 4 is 30.0 Å². The fourth-order valence-corrected chi connectivity index (χ4v) is 2.73. The fourth-order valence-electron chi connectivity index (χ4n) is 2.73. The van der Waals surface area contributed by atoms with Gasteiger partial charge in [0.2, 0.25) is 0 Å². The van der Waals surface area contributed by atoms with Crippen LogP contribution in [-0.2, 0) is 0 Å². The van der Waals surface area contributed by atoms with Crippen LogP contribution < -0.4 is 16.4 Å². The van der Waals surface area contributed by atoms with Gasteiger partial charge in [0.05, 0.1) is 0 Å². The first-order chi connectivity index (χ1) is 10.5. The van der Waals surface area contributed by atoms with E-state index in [1.165, 1.54) is 4.90 Å². The van der Waals surface area contributed by atoms with Crippen molar-refractivity contribution in [3.63, 3.8) is 0 Å². The highest BCUT2D eigenvalue weighted by Crippen LogP contribution is 2.25. The monoisotopic (exact) mass is 340 g/mol. The Morgan fingerprint density at radius 1 is 1.30 bits per heavy atom. The molecule has 0 bridgehead atoms. The van der Waals surface area contributed by atoms with E-state index in [0.717, 1.165) is 19.3 Å². The Hall–Kier alpha value is -1.79. The summed E-state index contributed by atoms with van der Waals surface area (Å²) in [5.74, 6) is 0.242. The summed E-state index contributed by atoms with van der Waals surface area (Å²) in [6.07, 6.45) is 3.15. The lowest BCUT2D eigenvalue weighted by molar-refractivity contribution is 0.0928. The number of carbonyl (C=O) groups excluding carboxylic acids is 2. The molecule has 1 aromatic carbocycles. The van der Waals surface area contributed by atoms with Gasteiger partial charge < -0.3 is 21.3 Å². The lowest BCUT2D eigenvalue weighted by Crippen LogP contribution is -2.39. The molecule has 2 atom stereocenters. The average Bonchev–Trinajstić information content (AvgIpc) is 2.94. The van der Waals surface area contributed by atoms with Gasteiger partial charge in [0.25, 0.3) is 5.91 Å². The van der Waals surface area contributed by atoms with Gasteiger partial charge in [0.15, 0.2) is 0 Å². The number of amides is 3. The van der Waals surface area contributed by atoms with E-state index in [9.17, 15) is 9.59 Å². The zero-order valence-corrected chi connectivity index (χ0v) is 14.4. The number of hydrogen-bond acceptors (Lipinski definition) is 3. The maximum Gasteiger partial charge on any atom is 0.321 e. The molecule has 0 saturated heterocycles. The highest BCUT2D eigenvalue weighted by atomic mass is 35.5. The maximum atomic E-state index is 12.4. The molecular weight excluding hydrogens is 316 g/mol. The van der Waals surface area contributed by atoms with Crippen LogP contribution in [0.25, 0.3) is 0 Å². The van der Waals surface area contributed by atoms with Crippen LogP contribution in [0.4, 0.5) is 10.5 Å². The Balaban J connectivity index is 0.00000264. The summed E-state index contributed by atoms with van der Waals surface area (Å²) in [7, 11) is 3.33. The number of urea groups is 1. The molecule has 7 heteroatoms. The van der Waals surface area contributed by atoms with Crippen molar-refractivity contribution in [2.24, 2.45) is 11.7 Å². The number of benzene rings is 1. The summed E-state index contributed by atoms with van der Waals surface area (Å²) in [5.41, 5.74) is 6.89. The first-order valence-corrected chi connectivity index (χ1v) is 7.60. The Morgan fingerprint density at radius 3 is 2.70 bits per heavy atom. The first-order valence-electron chi connectivity index (χ1n) is 7.60. The zero-order valence-electron chi connectivity index (χ0n) is 13.5. The van der Waals surface area contributed by atoms with E-state index in [4.69, 9.17) is 5.73 Å². The molecular formula is C16H25ClN4O2. The predicted molar refractivity (Wildman–Crippen MR) is 94.0 cm³/mol. The molecule has 23 heavy (non-hydrogen) atoms. The number of rotatable bonds is 4. The molecule has 1 fully saturated rings. The Bertz CT molecular complexity index is 551. The van der Waals surface area contributed by atoms with Crippen molar-refractivity contribution in [1.82, 2.24) is 10.2 Å². The summed E-state index contributed by atoms with van der Waals surface area (Å²) >= 11 is 0. The van der Waals surface area contributed by atoms with E-state index in [-0.39, 0.29) is 30.4 Å². The minimum atomic E-state index is -0.225. The molecule has 0 radical (unpaired) electrons. The van der Waals surface area contributed by atoms with Crippen molar-refractivity contribution in [1.29, 1.82) is 0 Å². The lowest BCUT2D eigenvalue weighted by Gasteiger charge is -2.19. The summed E-state index contributed by atoms with van der Waals surface area (Å²) in [4.78, 5) is 25.5. The average molecular weight is 341 g/mol. The van der Waals surface area contributed by atoms with Crippen molar-refractivity contribution in [2.75, 3.05) is 26.0 Å². The minimum absolute atomic E-state index is 0. The van der Waals surface area contributed by atoms with Gasteiger partial charge in [0, 0.05) is 31.4 Å². The molecule has 2 unspecified atom stereocenters. The van der Waals surface area contributed by atoms with Gasteiger partial charge >= 0.3 is 6.03 Å². The first kappa shape index (κ1) is 19.3. The van der Waals surface area contributed by atoms with Gasteiger partial charge in [-0.05, 0) is 43.5 Å². The van der Waals surface area contributed by atoms with Crippen LogP contribution in [0.15, 0.2) is 24.3 Å². The van der Waals surface area contributed by atoms with E-state index in [1.54, 1.807) is 38.4 Å². The molecule has 2 rings (SSSR count). The predicted octanol–water partition coefficient (Wildman–Crippen LogP) is 2.06. The van der Waals surface area contributed by atoms with E-state index < -0.39 is 0 Å². The quantitative estimate of drug-likeness (QED) is 0.784. The summed E-state index contributed by atoms with van der Waals surface area (Å²) in [6.45, 7) is 0.601. The summed E-state index contributed by atoms with van der Waals surface area (Å²) in [5, 5.41) is 5.79. The molecule has 0 aliphatic heterocycles. The molecule has 128 valence electrons. The van der Waals surface area contributed by atoms with Crippen LogP contribution in [0.2, 0.25) is 0 Å². The molecule has 6 nitrogen and oxygen atoms in total. The molecule has 0 heterocycles. The van der Waals surface area contributed by atoms with E-state index in [1.807, 2.05) is 0 Å². The number of hydrogen-bond donors (Lipinski definition) is 3. The number of halogens is 1. The molecule has 1 aliphatic carbocycles. The molecule has 0 spiro atoms. The van der Waals surface area contributed by atoms with Crippen molar-refractivity contribution in [2.45, 2.75) is 25.3 Å². The number of anilines is 1. The van der Waals surface area contributed by atoms with Crippen LogP contribution in [0.1, 0.15) is 29.6 Å². The Morgan fingerprint density at radius 2 is 2.04 bits per heavy atom. The molecule has 0 aromatic heterocycles. The van der Waals surface area contributed by atoms with Crippen molar-refractivity contribution in [3.8, 4) is 0 Å². The van der Waals surface area contributed by atoms with E-state index in [2.05, 4.69) is 10.6 Å². The van der Waals surface area contributed by atoms with Gasteiger partial charge in [-0.2, -0.15) is 0 Å². The van der Waals surface area contributed by atoms with Crippen molar-refractivity contribution < 1.29 is 9.59 Å². The molecule has 1 saturated carbocycles. The third kappa shape index (κ3) is 5.11. The van der Waals surface area contributed by atoms with E-state index in [0.29, 0.717) is 23.7 Å². The normalized spacial score (nSPS) is 19.6. The minimum Gasteiger partial charge on any atom is -0.349 e. The van der Waals surface area contributed by atoms with Gasteiger partial charge in [-0.15, -0.1) is 12.4 Å². The SMILES string of the molecule is CN(C)C(=O)Nc1cccc(C(=O)NC2CCCC2CN)c1.Cl. The second-order valence-corrected chi connectivity index (χ2v) is 5.91. The summed E-state index contributed by atoms with van der Waals surface area (Å²) < 4.78 is 0. The Kier molecular flexibility index (Phi) is 7.32. The molecule has 1 aromatic rings. The topological polar surface area (TPSA) is 87.5 Å². The number of nitrogens with one attached hydrogen (secondary N) is 2. The molecule has 1 aliphatic rings. The highest BCUT2D eigenvalue weighted by Gasteiger charge is 2.27. The van der Waals surface area contributed by atoms with Gasteiger partial charge in [-0.3, -0.25) is 4.79 Å². The van der Waals surface area contributed by atoms with Gasteiger partial charge in [-0.1, -0.05) is 12.5 Å². The lowest BCUT2D eigenvalue weighted by atomic mass is 10.0. The standard InChI is InChI=1S/C16H24N4O2.ClH/c1-20(2)16(22)18-13-7-3-5-11(9-13)15(21)19-14-8-4-6-12(14)10-17;/h3,5,7,9,12,14H,4,6,8,10,17H2,1-2H3,(H,18,22)(H,19,21);1H. The smallest absolute Gasteiger partial charge is 0.321 e. The third-order valence-electron chi connectivity index (χ3n) is 4.06. The van der Waals surface area contributed by atoms with Crippen LogP contribution in [0, 0.1) is 5.92 Å². The molecule has 4 N–H and O–H groups in total. The molecule has 3 amide bonds. The van der Waals surface area contributed by atoms with Crippen LogP contribution >= 0.6 is 12.4 Å². The fraction of sp³-hybridized carbons (Fsp3) is 0.500. The highest BCUT2D eigenvalue weighted by molar-refractivity contribution is 5.97. The maximum absolute atomic E-state index is 12.4. The van der Waals surface area contributed by atoms with Crippen LogP contribution in [-0.4, -0.2) is 43.5 Å². The summed E-state index contributed by atoms with van der Waals surface area (Å²) in [6, 6.07) is 6.87. The van der Waals surface area contributed by atoms with Crippen molar-refractivity contribution in [3.05, 3.63) is 29.8 Å². The van der Waals surface area contributed by atoms with E-state index >= 15 is 0 Å². The van der Waals surface area contributed by atoms with Gasteiger partial charge in [0.1, 0.15) is 0 Å². The van der Waals surface area contributed by atoms with Crippen LogP contribution in [0.5, 0.6) is 0 Å². The van der Waals surface area contributed by atoms with Crippen LogP contribution in [0.3, 0.4) is 0 Å². The third-order valence-corrected chi connectivity index (χ3v) is 4.06. The second-order valence-electron chi connectivity index (χ2n) is 5.91. The zero-order chi connectivity index (χ0) is 16.1. The van der Waals surface area contributed by atoms with Gasteiger partial charge in [-0.25, -0.2) is 4.79 Å². The second kappa shape index (κ2) is 8.74. The Labute approximate surface area is 143 Å². The largest absolute Gasteiger partial charge is 0.349 e. The number of nitrogens with zero attached hydrogens (tertiary/aromatic N) is 1. The number of carbonyl (C=O) groups is 2.